The van der Waals surface area contributed by atoms with Crippen LogP contribution in [-0.2, 0) is 4.74 Å². The van der Waals surface area contributed by atoms with Gasteiger partial charge in [-0.15, -0.1) is 0 Å². The number of piperidine rings is 1. The number of nitrogens with zero attached hydrogens (tertiary/aromatic N) is 2. The van der Waals surface area contributed by atoms with E-state index >= 15 is 0 Å². The molecular weight excluding hydrogens is 240 g/mol. The molecule has 1 aliphatic heterocycles. The number of hydrogen-bond donors (Lipinski definition) is 2. The number of hydrazine groups is 1. The van der Waals surface area contributed by atoms with Crippen LogP contribution in [0.4, 0.5) is 5.69 Å². The number of guanidine groups is 1. The fraction of sp³-hybridized carbons (Fsp3) is 0.500. The maximum atomic E-state index is 5.69. The first kappa shape index (κ1) is 13.8. The Labute approximate surface area is 114 Å². The molecule has 0 bridgehead atoms. The molecule has 0 aliphatic carbocycles. The molecule has 1 aromatic carbocycles. The number of likely N-dealkylation sites (tertiary alicyclic amines) is 1. The fourth-order valence-electron chi connectivity index (χ4n) is 2.32. The molecule has 1 fully saturated rings. The summed E-state index contributed by atoms with van der Waals surface area (Å²) in [6.45, 7) is 4.57. The summed E-state index contributed by atoms with van der Waals surface area (Å²) in [4.78, 5) is 6.70. The van der Waals surface area contributed by atoms with Crippen LogP contribution in [0.15, 0.2) is 35.3 Å². The summed E-state index contributed by atoms with van der Waals surface area (Å²) in [6.07, 6.45) is 2.47. The molecule has 104 valence electrons. The number of aliphatic imine (C=N–C) groups is 1. The molecule has 0 spiro atoms. The van der Waals surface area contributed by atoms with Gasteiger partial charge in [-0.05, 0) is 31.9 Å². The standard InChI is InChI=1S/C14H22N4O/c1-2-19-13-9-6-10-18(11-13)14(17-15)16-12-7-4-3-5-8-12/h3-5,7-8,13H,2,6,9-11,15H2,1H3,(H,16,17). The lowest BCUT2D eigenvalue weighted by Gasteiger charge is -2.34. The number of ether oxygens (including phenoxy) is 1. The molecule has 1 unspecified atom stereocenters. The van der Waals surface area contributed by atoms with Gasteiger partial charge in [-0.3, -0.25) is 5.43 Å². The highest BCUT2D eigenvalue weighted by Gasteiger charge is 2.22. The Morgan fingerprint density at radius 3 is 2.95 bits per heavy atom. The quantitative estimate of drug-likeness (QED) is 0.376. The van der Waals surface area contributed by atoms with Crippen LogP contribution in [0, 0.1) is 0 Å². The number of para-hydroxylation sites is 1. The third-order valence-corrected chi connectivity index (χ3v) is 3.20. The largest absolute Gasteiger partial charge is 0.377 e. The highest BCUT2D eigenvalue weighted by Crippen LogP contribution is 2.16. The van der Waals surface area contributed by atoms with Crippen LogP contribution in [0.2, 0.25) is 0 Å². The number of benzene rings is 1. The lowest BCUT2D eigenvalue weighted by atomic mass is 10.1. The van der Waals surface area contributed by atoms with E-state index in [4.69, 9.17) is 10.6 Å². The van der Waals surface area contributed by atoms with Crippen LogP contribution in [-0.4, -0.2) is 36.7 Å². The van der Waals surface area contributed by atoms with Crippen molar-refractivity contribution in [3.8, 4) is 0 Å². The summed E-state index contributed by atoms with van der Waals surface area (Å²) >= 11 is 0. The Bertz CT molecular complexity index is 405. The molecule has 0 amide bonds. The monoisotopic (exact) mass is 262 g/mol. The molecule has 1 aromatic rings. The Morgan fingerprint density at radius 1 is 1.47 bits per heavy atom. The topological polar surface area (TPSA) is 62.9 Å². The summed E-state index contributed by atoms with van der Waals surface area (Å²) in [6, 6.07) is 9.82. The molecular formula is C14H22N4O. The molecule has 0 radical (unpaired) electrons. The average molecular weight is 262 g/mol. The zero-order valence-corrected chi connectivity index (χ0v) is 11.4. The third-order valence-electron chi connectivity index (χ3n) is 3.20. The summed E-state index contributed by atoms with van der Waals surface area (Å²) in [5.41, 5.74) is 3.60. The number of nitrogens with two attached hydrogens (primary N) is 1. The lowest BCUT2D eigenvalue weighted by molar-refractivity contribution is 0.0228. The lowest BCUT2D eigenvalue weighted by Crippen LogP contribution is -2.50. The smallest absolute Gasteiger partial charge is 0.213 e. The normalized spacial score (nSPS) is 20.4. The van der Waals surface area contributed by atoms with Gasteiger partial charge >= 0.3 is 0 Å². The van der Waals surface area contributed by atoms with Crippen LogP contribution in [0.1, 0.15) is 19.8 Å². The molecule has 19 heavy (non-hydrogen) atoms. The molecule has 1 saturated heterocycles. The minimum Gasteiger partial charge on any atom is -0.377 e. The van der Waals surface area contributed by atoms with Crippen LogP contribution in [0.5, 0.6) is 0 Å². The van der Waals surface area contributed by atoms with Gasteiger partial charge in [0.2, 0.25) is 5.96 Å². The first-order valence-corrected chi connectivity index (χ1v) is 6.80. The fourth-order valence-corrected chi connectivity index (χ4v) is 2.32. The molecule has 1 heterocycles. The molecule has 0 saturated carbocycles. The van der Waals surface area contributed by atoms with E-state index in [1.165, 1.54) is 0 Å². The maximum Gasteiger partial charge on any atom is 0.213 e. The van der Waals surface area contributed by atoms with Crippen molar-refractivity contribution in [2.24, 2.45) is 10.8 Å². The van der Waals surface area contributed by atoms with Crippen LogP contribution in [0.25, 0.3) is 0 Å². The molecule has 3 N–H and O–H groups in total. The zero-order chi connectivity index (χ0) is 13.5. The SMILES string of the molecule is CCOC1CCCN(C(=Nc2ccccc2)NN)C1. The average Bonchev–Trinajstić information content (AvgIpc) is 2.46. The van der Waals surface area contributed by atoms with Gasteiger partial charge in [0.25, 0.3) is 0 Å². The van der Waals surface area contributed by atoms with E-state index in [1.54, 1.807) is 0 Å². The van der Waals surface area contributed by atoms with Gasteiger partial charge in [0.1, 0.15) is 0 Å². The molecule has 1 aliphatic rings. The molecule has 5 heteroatoms. The van der Waals surface area contributed by atoms with Crippen LogP contribution in [0.3, 0.4) is 0 Å². The van der Waals surface area contributed by atoms with E-state index in [0.717, 1.165) is 38.2 Å². The van der Waals surface area contributed by atoms with Crippen molar-refractivity contribution in [1.82, 2.24) is 10.3 Å². The van der Waals surface area contributed by atoms with E-state index in [9.17, 15) is 0 Å². The van der Waals surface area contributed by atoms with E-state index < -0.39 is 0 Å². The second kappa shape index (κ2) is 7.11. The number of nitrogens with one attached hydrogen (secondary N) is 1. The van der Waals surface area contributed by atoms with Gasteiger partial charge in [0, 0.05) is 19.7 Å². The molecule has 0 aromatic heterocycles. The van der Waals surface area contributed by atoms with Crippen molar-refractivity contribution in [2.45, 2.75) is 25.9 Å². The van der Waals surface area contributed by atoms with Crippen molar-refractivity contribution in [3.63, 3.8) is 0 Å². The first-order valence-electron chi connectivity index (χ1n) is 6.80. The van der Waals surface area contributed by atoms with Crippen molar-refractivity contribution in [3.05, 3.63) is 30.3 Å². The Kier molecular flexibility index (Phi) is 5.18. The highest BCUT2D eigenvalue weighted by molar-refractivity contribution is 5.82. The van der Waals surface area contributed by atoms with Crippen LogP contribution >= 0.6 is 0 Å². The second-order valence-electron chi connectivity index (χ2n) is 4.58. The minimum absolute atomic E-state index is 0.271. The van der Waals surface area contributed by atoms with E-state index in [1.807, 2.05) is 37.3 Å². The highest BCUT2D eigenvalue weighted by atomic mass is 16.5. The first-order chi connectivity index (χ1) is 9.33. The van der Waals surface area contributed by atoms with Crippen molar-refractivity contribution in [1.29, 1.82) is 0 Å². The minimum atomic E-state index is 0.271. The predicted molar refractivity (Wildman–Crippen MR) is 77.1 cm³/mol. The second-order valence-corrected chi connectivity index (χ2v) is 4.58. The Morgan fingerprint density at radius 2 is 2.26 bits per heavy atom. The van der Waals surface area contributed by atoms with Gasteiger partial charge in [-0.2, -0.15) is 0 Å². The van der Waals surface area contributed by atoms with E-state index in [2.05, 4.69) is 15.3 Å². The third kappa shape index (κ3) is 3.94. The number of rotatable bonds is 3. The van der Waals surface area contributed by atoms with Gasteiger partial charge in [-0.1, -0.05) is 18.2 Å². The van der Waals surface area contributed by atoms with Gasteiger partial charge in [0.15, 0.2) is 0 Å². The summed E-state index contributed by atoms with van der Waals surface area (Å²) in [5, 5.41) is 0. The molecule has 5 nitrogen and oxygen atoms in total. The maximum absolute atomic E-state index is 5.69. The van der Waals surface area contributed by atoms with E-state index in [-0.39, 0.29) is 6.10 Å². The summed E-state index contributed by atoms with van der Waals surface area (Å²) < 4.78 is 5.69. The van der Waals surface area contributed by atoms with E-state index in [0.29, 0.717) is 5.96 Å². The zero-order valence-electron chi connectivity index (χ0n) is 11.4. The number of hydrogen-bond acceptors (Lipinski definition) is 3. The summed E-state index contributed by atoms with van der Waals surface area (Å²) in [5.74, 6) is 6.31. The van der Waals surface area contributed by atoms with Gasteiger partial charge in [0.05, 0.1) is 11.8 Å². The molecule has 2 rings (SSSR count). The van der Waals surface area contributed by atoms with Crippen LogP contribution < -0.4 is 11.3 Å². The molecule has 1 atom stereocenters. The van der Waals surface area contributed by atoms with Crippen molar-refractivity contribution < 1.29 is 4.74 Å². The Hall–Kier alpha value is -1.59. The van der Waals surface area contributed by atoms with Crippen molar-refractivity contribution >= 4 is 11.6 Å². The van der Waals surface area contributed by atoms with Crippen molar-refractivity contribution in [2.75, 3.05) is 19.7 Å². The van der Waals surface area contributed by atoms with Gasteiger partial charge in [-0.25, -0.2) is 10.8 Å². The van der Waals surface area contributed by atoms with Gasteiger partial charge < -0.3 is 9.64 Å². The Balaban J connectivity index is 2.06. The summed E-state index contributed by atoms with van der Waals surface area (Å²) in [7, 11) is 0. The predicted octanol–water partition coefficient (Wildman–Crippen LogP) is 1.64.